The molecule has 6 nitrogen and oxygen atoms in total. The average molecular weight is 331 g/mol. The third-order valence-electron chi connectivity index (χ3n) is 3.95. The highest BCUT2D eigenvalue weighted by Crippen LogP contribution is 2.16. The fourth-order valence-corrected chi connectivity index (χ4v) is 2.61. The van der Waals surface area contributed by atoms with Crippen molar-refractivity contribution in [1.82, 2.24) is 9.88 Å². The number of piperazine rings is 1. The van der Waals surface area contributed by atoms with Gasteiger partial charge in [0.1, 0.15) is 0 Å². The molecular formula is C17H18FN3O3. The quantitative estimate of drug-likeness (QED) is 0.915. The minimum absolute atomic E-state index is 0.0812. The zero-order chi connectivity index (χ0) is 16.9. The highest BCUT2D eigenvalue weighted by atomic mass is 19.1. The third-order valence-corrected chi connectivity index (χ3v) is 3.95. The van der Waals surface area contributed by atoms with Crippen molar-refractivity contribution in [2.24, 2.45) is 0 Å². The fraction of sp³-hybridized carbons (Fsp3) is 0.294. The van der Waals surface area contributed by atoms with E-state index in [0.717, 1.165) is 5.69 Å². The summed E-state index contributed by atoms with van der Waals surface area (Å²) in [7, 11) is 0. The largest absolute Gasteiger partial charge is 0.481 e. The van der Waals surface area contributed by atoms with Gasteiger partial charge < -0.3 is 19.5 Å². The Bertz CT molecular complexity index is 749. The molecule has 126 valence electrons. The fourth-order valence-electron chi connectivity index (χ4n) is 2.61. The van der Waals surface area contributed by atoms with Crippen molar-refractivity contribution in [1.29, 1.82) is 0 Å². The van der Waals surface area contributed by atoms with E-state index in [9.17, 15) is 14.0 Å². The molecule has 0 unspecified atom stereocenters. The molecule has 24 heavy (non-hydrogen) atoms. The van der Waals surface area contributed by atoms with Crippen molar-refractivity contribution in [3.8, 4) is 5.75 Å². The van der Waals surface area contributed by atoms with Gasteiger partial charge in [-0.3, -0.25) is 9.59 Å². The second kappa shape index (κ2) is 7.16. The van der Waals surface area contributed by atoms with Crippen LogP contribution >= 0.6 is 0 Å². The number of ether oxygens (including phenoxy) is 1. The lowest BCUT2D eigenvalue weighted by molar-refractivity contribution is -0.133. The minimum Gasteiger partial charge on any atom is -0.481 e. The Morgan fingerprint density at radius 3 is 2.54 bits per heavy atom. The SMILES string of the molecule is O=C(COc1ccccc1F)N1CCN(c2ccc(=O)[nH]c2)CC1. The van der Waals surface area contributed by atoms with Gasteiger partial charge in [0.2, 0.25) is 5.56 Å². The molecule has 2 aromatic rings. The van der Waals surface area contributed by atoms with E-state index >= 15 is 0 Å². The number of rotatable bonds is 4. The normalized spacial score (nSPS) is 14.5. The Morgan fingerprint density at radius 1 is 1.12 bits per heavy atom. The number of carbonyl (C=O) groups excluding carboxylic acids is 1. The summed E-state index contributed by atoms with van der Waals surface area (Å²) in [5.74, 6) is -0.565. The van der Waals surface area contributed by atoms with Crippen LogP contribution in [0.1, 0.15) is 0 Å². The number of aromatic amines is 1. The van der Waals surface area contributed by atoms with Gasteiger partial charge >= 0.3 is 0 Å². The summed E-state index contributed by atoms with van der Waals surface area (Å²) in [4.78, 5) is 29.7. The first-order valence-corrected chi connectivity index (χ1v) is 7.72. The van der Waals surface area contributed by atoms with Crippen LogP contribution in [0.3, 0.4) is 0 Å². The number of amides is 1. The summed E-state index contributed by atoms with van der Waals surface area (Å²) in [6.07, 6.45) is 1.67. The van der Waals surface area contributed by atoms with E-state index in [0.29, 0.717) is 26.2 Å². The number of benzene rings is 1. The second-order valence-corrected chi connectivity index (χ2v) is 5.50. The highest BCUT2D eigenvalue weighted by Gasteiger charge is 2.22. The van der Waals surface area contributed by atoms with Gasteiger partial charge in [-0.05, 0) is 18.2 Å². The molecule has 0 bridgehead atoms. The topological polar surface area (TPSA) is 65.6 Å². The standard InChI is InChI=1S/C17H18FN3O3/c18-14-3-1-2-4-15(14)24-12-17(23)21-9-7-20(8-10-21)13-5-6-16(22)19-11-13/h1-6,11H,7-10,12H2,(H,19,22). The van der Waals surface area contributed by atoms with E-state index in [4.69, 9.17) is 4.74 Å². The van der Waals surface area contributed by atoms with Gasteiger partial charge in [-0.15, -0.1) is 0 Å². The van der Waals surface area contributed by atoms with Gasteiger partial charge in [0.25, 0.3) is 5.91 Å². The lowest BCUT2D eigenvalue weighted by Gasteiger charge is -2.35. The summed E-state index contributed by atoms with van der Waals surface area (Å²) in [6, 6.07) is 9.26. The Labute approximate surface area is 138 Å². The van der Waals surface area contributed by atoms with Crippen LogP contribution in [0, 0.1) is 5.82 Å². The van der Waals surface area contributed by atoms with E-state index in [1.54, 1.807) is 29.3 Å². The zero-order valence-corrected chi connectivity index (χ0v) is 13.1. The average Bonchev–Trinajstić information content (AvgIpc) is 2.62. The number of nitrogens with zero attached hydrogens (tertiary/aromatic N) is 2. The van der Waals surface area contributed by atoms with Crippen molar-refractivity contribution >= 4 is 11.6 Å². The van der Waals surface area contributed by atoms with Crippen LogP contribution in [-0.4, -0.2) is 48.6 Å². The molecule has 1 aromatic carbocycles. The predicted octanol–water partition coefficient (Wildman–Crippen LogP) is 1.24. The second-order valence-electron chi connectivity index (χ2n) is 5.50. The van der Waals surface area contributed by atoms with Gasteiger partial charge in [0.15, 0.2) is 18.2 Å². The monoisotopic (exact) mass is 331 g/mol. The number of H-pyrrole nitrogens is 1. The van der Waals surface area contributed by atoms with Crippen LogP contribution in [0.15, 0.2) is 47.4 Å². The number of halogens is 1. The molecular weight excluding hydrogens is 313 g/mol. The maximum Gasteiger partial charge on any atom is 0.260 e. The van der Waals surface area contributed by atoms with Gasteiger partial charge in [-0.25, -0.2) is 4.39 Å². The van der Waals surface area contributed by atoms with Crippen LogP contribution in [0.5, 0.6) is 5.75 Å². The van der Waals surface area contributed by atoms with Crippen molar-refractivity contribution in [2.75, 3.05) is 37.7 Å². The third kappa shape index (κ3) is 3.73. The first kappa shape index (κ1) is 16.0. The smallest absolute Gasteiger partial charge is 0.260 e. The first-order valence-electron chi connectivity index (χ1n) is 7.72. The Hall–Kier alpha value is -2.83. The Balaban J connectivity index is 1.51. The summed E-state index contributed by atoms with van der Waals surface area (Å²) in [5.41, 5.74) is 0.780. The molecule has 1 amide bonds. The number of pyridine rings is 1. The van der Waals surface area contributed by atoms with Crippen molar-refractivity contribution < 1.29 is 13.9 Å². The van der Waals surface area contributed by atoms with E-state index in [1.165, 1.54) is 18.2 Å². The van der Waals surface area contributed by atoms with E-state index < -0.39 is 5.82 Å². The lowest BCUT2D eigenvalue weighted by atomic mass is 10.2. The molecule has 1 aliphatic heterocycles. The molecule has 3 rings (SSSR count). The van der Waals surface area contributed by atoms with Crippen LogP contribution in [-0.2, 0) is 4.79 Å². The minimum atomic E-state index is -0.479. The van der Waals surface area contributed by atoms with Gasteiger partial charge in [-0.1, -0.05) is 12.1 Å². The first-order chi connectivity index (χ1) is 11.6. The molecule has 0 spiro atoms. The van der Waals surface area contributed by atoms with Crippen LogP contribution in [0.2, 0.25) is 0 Å². The molecule has 1 aliphatic rings. The number of hydrogen-bond donors (Lipinski definition) is 1. The van der Waals surface area contributed by atoms with Gasteiger partial charge in [0, 0.05) is 38.4 Å². The van der Waals surface area contributed by atoms with Crippen LogP contribution in [0.4, 0.5) is 10.1 Å². The molecule has 0 saturated carbocycles. The highest BCUT2D eigenvalue weighted by molar-refractivity contribution is 5.78. The molecule has 7 heteroatoms. The van der Waals surface area contributed by atoms with E-state index in [-0.39, 0.29) is 23.8 Å². The van der Waals surface area contributed by atoms with Crippen molar-refractivity contribution in [3.63, 3.8) is 0 Å². The predicted molar refractivity (Wildman–Crippen MR) is 87.8 cm³/mol. The number of nitrogens with one attached hydrogen (secondary N) is 1. The van der Waals surface area contributed by atoms with Gasteiger partial charge in [0.05, 0.1) is 5.69 Å². The number of hydrogen-bond acceptors (Lipinski definition) is 4. The lowest BCUT2D eigenvalue weighted by Crippen LogP contribution is -2.50. The number of carbonyl (C=O) groups is 1. The molecule has 1 aromatic heterocycles. The van der Waals surface area contributed by atoms with Crippen LogP contribution in [0.25, 0.3) is 0 Å². The molecule has 1 fully saturated rings. The summed E-state index contributed by atoms with van der Waals surface area (Å²) in [5, 5.41) is 0. The maximum atomic E-state index is 13.5. The summed E-state index contributed by atoms with van der Waals surface area (Å²) in [6.45, 7) is 2.26. The van der Waals surface area contributed by atoms with Gasteiger partial charge in [-0.2, -0.15) is 0 Å². The van der Waals surface area contributed by atoms with E-state index in [1.807, 2.05) is 0 Å². The van der Waals surface area contributed by atoms with Crippen molar-refractivity contribution in [3.05, 3.63) is 58.8 Å². The Morgan fingerprint density at radius 2 is 1.88 bits per heavy atom. The summed E-state index contributed by atoms with van der Waals surface area (Å²) >= 11 is 0. The summed E-state index contributed by atoms with van der Waals surface area (Å²) < 4.78 is 18.7. The number of aromatic nitrogens is 1. The van der Waals surface area contributed by atoms with Crippen molar-refractivity contribution in [2.45, 2.75) is 0 Å². The number of anilines is 1. The molecule has 0 radical (unpaired) electrons. The van der Waals surface area contributed by atoms with E-state index in [2.05, 4.69) is 9.88 Å². The molecule has 1 N–H and O–H groups in total. The Kier molecular flexibility index (Phi) is 4.79. The maximum absolute atomic E-state index is 13.5. The number of para-hydroxylation sites is 1. The zero-order valence-electron chi connectivity index (χ0n) is 13.1. The molecule has 2 heterocycles. The molecule has 0 atom stereocenters. The van der Waals surface area contributed by atoms with Crippen LogP contribution < -0.4 is 15.2 Å². The molecule has 0 aliphatic carbocycles. The molecule has 1 saturated heterocycles.